The highest BCUT2D eigenvalue weighted by atomic mass is 32.2. The molecule has 6 aromatic rings. The molecule has 0 atom stereocenters. The predicted molar refractivity (Wildman–Crippen MR) is 301 cm³/mol. The molecule has 2 heterocycles. The molecule has 0 saturated carbocycles. The highest BCUT2D eigenvalue weighted by Crippen LogP contribution is 2.25. The lowest BCUT2D eigenvalue weighted by Crippen LogP contribution is -2.21. The van der Waals surface area contributed by atoms with Gasteiger partial charge in [0.05, 0.1) is 22.8 Å². The van der Waals surface area contributed by atoms with Crippen LogP contribution in [0.1, 0.15) is 100 Å². The highest BCUT2D eigenvalue weighted by Gasteiger charge is 2.09. The summed E-state index contributed by atoms with van der Waals surface area (Å²) < 4.78 is 0. The molecule has 0 radical (unpaired) electrons. The van der Waals surface area contributed by atoms with Gasteiger partial charge in [-0.15, -0.1) is 0 Å². The number of aromatic nitrogens is 4. The minimum Gasteiger partial charge on any atom is -0.372 e. The Labute approximate surface area is 416 Å². The maximum Gasteiger partial charge on any atom is 0.188 e. The molecule has 68 heavy (non-hydrogen) atoms. The molecule has 0 bridgehead atoms. The van der Waals surface area contributed by atoms with Crippen molar-refractivity contribution in [2.75, 3.05) is 83.5 Å². The van der Waals surface area contributed by atoms with Crippen LogP contribution in [0, 0.1) is 0 Å². The molecule has 8 nitrogen and oxygen atoms in total. The first-order chi connectivity index (χ1) is 33.3. The van der Waals surface area contributed by atoms with Crippen LogP contribution < -0.4 is 19.6 Å². The molecule has 0 saturated heterocycles. The Morgan fingerprint density at radius 2 is 0.515 bits per heavy atom. The third-order valence-electron chi connectivity index (χ3n) is 11.9. The molecule has 0 unspecified atom stereocenters. The summed E-state index contributed by atoms with van der Waals surface area (Å²) in [5.74, 6) is 1.57. The molecule has 0 aliphatic heterocycles. The van der Waals surface area contributed by atoms with E-state index in [1.54, 1.807) is 23.5 Å². The summed E-state index contributed by atoms with van der Waals surface area (Å²) in [5, 5.41) is 1.47. The lowest BCUT2D eigenvalue weighted by Gasteiger charge is -2.20. The molecule has 0 aliphatic rings. The standard InChI is InChI=1S/C58H70N8S2/c1-9-63(10-2)53-33-21-45(22-34-53)17-29-49-43-50(30-18-46-23-35-54(36-24-46)64(11-3)12-4)60-57(59-49)67-41-42-68-58-61-51(31-19-47-25-37-55(38-26-47)65(13-5)14-6)44-52(62-58)32-20-48-27-39-56(40-28-48)66(15-7)16-8/h17-40,43-44H,9-16,41-42H2,1-8H3/b29-17+,30-18+,31-19+,32-20+. The van der Waals surface area contributed by atoms with Crippen LogP contribution in [-0.4, -0.2) is 83.8 Å². The first kappa shape index (κ1) is 51.3. The number of nitrogens with zero attached hydrogens (tertiary/aromatic N) is 8. The normalized spacial score (nSPS) is 11.7. The van der Waals surface area contributed by atoms with Gasteiger partial charge in [-0.1, -0.05) is 96.4 Å². The van der Waals surface area contributed by atoms with Crippen molar-refractivity contribution in [2.24, 2.45) is 0 Å². The number of rotatable bonds is 25. The first-order valence-corrected chi connectivity index (χ1v) is 26.4. The van der Waals surface area contributed by atoms with Crippen LogP contribution in [0.4, 0.5) is 22.7 Å². The minimum absolute atomic E-state index is 0.737. The van der Waals surface area contributed by atoms with Gasteiger partial charge in [0, 0.05) is 86.6 Å². The zero-order chi connectivity index (χ0) is 48.1. The lowest BCUT2D eigenvalue weighted by atomic mass is 10.1. The van der Waals surface area contributed by atoms with E-state index in [9.17, 15) is 0 Å². The van der Waals surface area contributed by atoms with Crippen molar-refractivity contribution >= 4 is 94.9 Å². The van der Waals surface area contributed by atoms with E-state index in [0.717, 1.165) is 119 Å². The van der Waals surface area contributed by atoms with Crippen molar-refractivity contribution in [3.63, 3.8) is 0 Å². The maximum absolute atomic E-state index is 5.01. The molecule has 354 valence electrons. The molecule has 0 N–H and O–H groups in total. The number of thioether (sulfide) groups is 2. The topological polar surface area (TPSA) is 64.5 Å². The molecule has 0 fully saturated rings. The number of hydrogen-bond acceptors (Lipinski definition) is 10. The summed E-state index contributed by atoms with van der Waals surface area (Å²) in [7, 11) is 0. The van der Waals surface area contributed by atoms with E-state index < -0.39 is 0 Å². The second-order valence-corrected chi connectivity index (χ2v) is 18.2. The van der Waals surface area contributed by atoms with Gasteiger partial charge in [-0.25, -0.2) is 19.9 Å². The van der Waals surface area contributed by atoms with E-state index >= 15 is 0 Å². The second kappa shape index (κ2) is 27.0. The van der Waals surface area contributed by atoms with Gasteiger partial charge >= 0.3 is 0 Å². The Morgan fingerprint density at radius 3 is 0.706 bits per heavy atom. The molecule has 10 heteroatoms. The van der Waals surface area contributed by atoms with E-state index in [0.29, 0.717) is 0 Å². The number of anilines is 4. The number of hydrogen-bond donors (Lipinski definition) is 0. The Balaban J connectivity index is 1.21. The SMILES string of the molecule is CCN(CC)c1ccc(/C=C/c2cc(/C=C/c3ccc(N(CC)CC)cc3)nc(SCCSc3nc(/C=C/c4ccc(N(CC)CC)cc4)cc(/C=C/c4ccc(N(CC)CC)cc4)n3)n2)cc1. The summed E-state index contributed by atoms with van der Waals surface area (Å²) in [6, 6.07) is 39.0. The summed E-state index contributed by atoms with van der Waals surface area (Å²) in [5.41, 5.74) is 12.9. The highest BCUT2D eigenvalue weighted by molar-refractivity contribution is 8.02. The van der Waals surface area contributed by atoms with E-state index in [-0.39, 0.29) is 0 Å². The zero-order valence-corrected chi connectivity index (χ0v) is 43.1. The van der Waals surface area contributed by atoms with Gasteiger partial charge < -0.3 is 19.6 Å². The third-order valence-corrected chi connectivity index (χ3v) is 13.9. The van der Waals surface area contributed by atoms with Gasteiger partial charge in [0.15, 0.2) is 10.3 Å². The minimum atomic E-state index is 0.737. The van der Waals surface area contributed by atoms with Crippen LogP contribution in [0.3, 0.4) is 0 Å². The average molecular weight is 943 g/mol. The van der Waals surface area contributed by atoms with Crippen LogP contribution in [0.25, 0.3) is 48.6 Å². The Hall–Kier alpha value is -6.10. The first-order valence-electron chi connectivity index (χ1n) is 24.4. The fraction of sp³-hybridized carbons (Fsp3) is 0.310. The summed E-state index contributed by atoms with van der Waals surface area (Å²) in [6.45, 7) is 25.4. The van der Waals surface area contributed by atoms with Crippen LogP contribution in [0.15, 0.2) is 120 Å². The van der Waals surface area contributed by atoms with Crippen molar-refractivity contribution < 1.29 is 0 Å². The quantitative estimate of drug-likeness (QED) is 0.0315. The van der Waals surface area contributed by atoms with Crippen molar-refractivity contribution in [1.29, 1.82) is 0 Å². The van der Waals surface area contributed by atoms with Gasteiger partial charge in [-0.2, -0.15) is 0 Å². The van der Waals surface area contributed by atoms with Crippen molar-refractivity contribution in [2.45, 2.75) is 65.7 Å². The van der Waals surface area contributed by atoms with Crippen LogP contribution in [-0.2, 0) is 0 Å². The third kappa shape index (κ3) is 15.2. The molecule has 0 aliphatic carbocycles. The predicted octanol–water partition coefficient (Wildman–Crippen LogP) is 14.2. The van der Waals surface area contributed by atoms with Crippen LogP contribution in [0.2, 0.25) is 0 Å². The fourth-order valence-electron chi connectivity index (χ4n) is 7.93. The van der Waals surface area contributed by atoms with Gasteiger partial charge in [0.1, 0.15) is 0 Å². The van der Waals surface area contributed by atoms with Gasteiger partial charge in [0.25, 0.3) is 0 Å². The average Bonchev–Trinajstić information content (AvgIpc) is 3.38. The van der Waals surface area contributed by atoms with E-state index in [2.05, 4.69) is 233 Å². The summed E-state index contributed by atoms with van der Waals surface area (Å²) in [4.78, 5) is 29.4. The van der Waals surface area contributed by atoms with Crippen molar-refractivity contribution in [1.82, 2.24) is 19.9 Å². The fourth-order valence-corrected chi connectivity index (χ4v) is 9.64. The summed E-state index contributed by atoms with van der Waals surface area (Å²) in [6.07, 6.45) is 16.9. The van der Waals surface area contributed by atoms with Gasteiger partial charge in [0.2, 0.25) is 0 Å². The molecular formula is C58H70N8S2. The van der Waals surface area contributed by atoms with Crippen molar-refractivity contribution in [3.8, 4) is 0 Å². The number of benzene rings is 4. The molecular weight excluding hydrogens is 873 g/mol. The molecule has 4 aromatic carbocycles. The Bertz CT molecular complexity index is 2200. The second-order valence-electron chi connectivity index (χ2n) is 16.1. The van der Waals surface area contributed by atoms with Crippen LogP contribution >= 0.6 is 23.5 Å². The molecule has 6 rings (SSSR count). The monoisotopic (exact) mass is 943 g/mol. The Kier molecular flexibility index (Phi) is 20.4. The largest absolute Gasteiger partial charge is 0.372 e. The van der Waals surface area contributed by atoms with E-state index in [1.807, 2.05) is 0 Å². The van der Waals surface area contributed by atoms with E-state index in [1.165, 1.54) is 22.7 Å². The molecule has 0 spiro atoms. The van der Waals surface area contributed by atoms with Crippen molar-refractivity contribution in [3.05, 3.63) is 154 Å². The smallest absolute Gasteiger partial charge is 0.188 e. The molecule has 2 aromatic heterocycles. The van der Waals surface area contributed by atoms with Crippen LogP contribution in [0.5, 0.6) is 0 Å². The lowest BCUT2D eigenvalue weighted by molar-refractivity contribution is 0.866. The van der Waals surface area contributed by atoms with E-state index in [4.69, 9.17) is 19.9 Å². The maximum atomic E-state index is 5.01. The van der Waals surface area contributed by atoms with Gasteiger partial charge in [-0.3, -0.25) is 0 Å². The Morgan fingerprint density at radius 1 is 0.309 bits per heavy atom. The summed E-state index contributed by atoms with van der Waals surface area (Å²) >= 11 is 3.31. The van der Waals surface area contributed by atoms with Gasteiger partial charge in [-0.05, 0) is 163 Å². The zero-order valence-electron chi connectivity index (χ0n) is 41.5. The molecule has 0 amide bonds.